The van der Waals surface area contributed by atoms with Crippen LogP contribution in [-0.4, -0.2) is 0 Å². The molecule has 0 heteroatoms. The Morgan fingerprint density at radius 2 is 1.50 bits per heavy atom. The van der Waals surface area contributed by atoms with Gasteiger partial charge in [-0.15, -0.1) is 0 Å². The molecule has 0 atom stereocenters. The summed E-state index contributed by atoms with van der Waals surface area (Å²) >= 11 is 0. The molecule has 0 aromatic heterocycles. The second kappa shape index (κ2) is 6.61. The van der Waals surface area contributed by atoms with E-state index in [9.17, 15) is 0 Å². The highest BCUT2D eigenvalue weighted by Crippen LogP contribution is 2.12. The van der Waals surface area contributed by atoms with E-state index < -0.39 is 0 Å². The molecule has 0 heterocycles. The third kappa shape index (κ3) is 3.74. The van der Waals surface area contributed by atoms with Gasteiger partial charge in [0, 0.05) is 0 Å². The van der Waals surface area contributed by atoms with Gasteiger partial charge in [0.05, 0.1) is 0 Å². The third-order valence-corrected chi connectivity index (χ3v) is 2.91. The van der Waals surface area contributed by atoms with Crippen LogP contribution in [0.25, 0.3) is 5.57 Å². The minimum absolute atomic E-state index is 0.986. The molecule has 2 rings (SSSR count). The lowest BCUT2D eigenvalue weighted by Gasteiger charge is -1.98. The fourth-order valence-corrected chi connectivity index (χ4v) is 1.83. The maximum absolute atomic E-state index is 2.20. The number of hydrogen-bond acceptors (Lipinski definition) is 0. The molecular weight excluding hydrogens is 216 g/mol. The van der Waals surface area contributed by atoms with Crippen molar-refractivity contribution in [1.82, 2.24) is 0 Å². The zero-order valence-corrected chi connectivity index (χ0v) is 10.7. The van der Waals surface area contributed by atoms with E-state index in [2.05, 4.69) is 73.7 Å². The van der Waals surface area contributed by atoms with Gasteiger partial charge in [-0.2, -0.15) is 0 Å². The monoisotopic (exact) mass is 234 g/mol. The van der Waals surface area contributed by atoms with Gasteiger partial charge in [-0.25, -0.2) is 0 Å². The van der Waals surface area contributed by atoms with Crippen LogP contribution in [0.1, 0.15) is 18.1 Å². The number of hydrogen-bond donors (Lipinski definition) is 0. The summed E-state index contributed by atoms with van der Waals surface area (Å²) in [6.07, 6.45) is 7.48. The van der Waals surface area contributed by atoms with E-state index in [1.54, 1.807) is 0 Å². The number of allylic oxidation sites excluding steroid dienone is 4. The van der Waals surface area contributed by atoms with E-state index in [1.165, 1.54) is 16.7 Å². The Hall–Kier alpha value is -2.08. The first kappa shape index (κ1) is 12.4. The minimum Gasteiger partial charge on any atom is -0.0801 e. The van der Waals surface area contributed by atoms with Crippen molar-refractivity contribution < 1.29 is 0 Å². The zero-order chi connectivity index (χ0) is 12.6. The predicted molar refractivity (Wildman–Crippen MR) is 79.4 cm³/mol. The van der Waals surface area contributed by atoms with E-state index in [1.807, 2.05) is 12.1 Å². The highest BCUT2D eigenvalue weighted by molar-refractivity contribution is 5.64. The molecule has 0 aliphatic heterocycles. The van der Waals surface area contributed by atoms with E-state index >= 15 is 0 Å². The van der Waals surface area contributed by atoms with E-state index in [0.29, 0.717) is 0 Å². The maximum Gasteiger partial charge on any atom is -0.00943 e. The van der Waals surface area contributed by atoms with Crippen molar-refractivity contribution in [1.29, 1.82) is 0 Å². The lowest BCUT2D eigenvalue weighted by atomic mass is 10.1. The molecular formula is C18H18. The van der Waals surface area contributed by atoms with Crippen molar-refractivity contribution in [2.75, 3.05) is 0 Å². The molecule has 0 unspecified atom stereocenters. The Kier molecular flexibility index (Phi) is 4.54. The lowest BCUT2D eigenvalue weighted by molar-refractivity contribution is 1.27. The van der Waals surface area contributed by atoms with Crippen molar-refractivity contribution >= 4 is 5.57 Å². The largest absolute Gasteiger partial charge is 0.0801 e. The van der Waals surface area contributed by atoms with Gasteiger partial charge in [-0.3, -0.25) is 0 Å². The molecule has 0 radical (unpaired) electrons. The molecule has 0 aliphatic carbocycles. The third-order valence-electron chi connectivity index (χ3n) is 2.91. The molecule has 0 nitrogen and oxygen atoms in total. The average Bonchev–Trinajstić information content (AvgIpc) is 2.45. The van der Waals surface area contributed by atoms with Crippen LogP contribution in [0.2, 0.25) is 0 Å². The number of benzene rings is 2. The molecule has 0 saturated heterocycles. The Balaban J connectivity index is 1.95. The first-order chi connectivity index (χ1) is 8.86. The number of rotatable bonds is 4. The van der Waals surface area contributed by atoms with Gasteiger partial charge in [0.25, 0.3) is 0 Å². The Morgan fingerprint density at radius 1 is 0.889 bits per heavy atom. The van der Waals surface area contributed by atoms with Crippen LogP contribution in [-0.2, 0) is 6.42 Å². The van der Waals surface area contributed by atoms with Gasteiger partial charge >= 0.3 is 0 Å². The minimum atomic E-state index is 0.986. The Bertz CT molecular complexity index is 518. The second-order valence-electron chi connectivity index (χ2n) is 4.33. The van der Waals surface area contributed by atoms with Crippen LogP contribution in [0.15, 0.2) is 78.9 Å². The maximum atomic E-state index is 2.20. The normalized spacial score (nSPS) is 11.9. The van der Waals surface area contributed by atoms with Crippen LogP contribution in [0, 0.1) is 0 Å². The van der Waals surface area contributed by atoms with Crippen molar-refractivity contribution in [3.8, 4) is 0 Å². The summed E-state index contributed by atoms with van der Waals surface area (Å²) in [5.74, 6) is 0. The fraction of sp³-hybridized carbons (Fsp3) is 0.111. The van der Waals surface area contributed by atoms with Crippen molar-refractivity contribution in [3.05, 3.63) is 90.0 Å². The molecule has 0 aliphatic rings. The van der Waals surface area contributed by atoms with Crippen LogP contribution in [0.4, 0.5) is 0 Å². The summed E-state index contributed by atoms with van der Waals surface area (Å²) in [7, 11) is 0. The lowest BCUT2D eigenvalue weighted by Crippen LogP contribution is -1.79. The zero-order valence-electron chi connectivity index (χ0n) is 10.7. The molecule has 18 heavy (non-hydrogen) atoms. The molecule has 2 aromatic carbocycles. The standard InChI is InChI=1S/C18H18/c1-16(18-14-6-3-7-15-18)10-8-9-13-17-11-4-2-5-12-17/h2-12,14-15H,13H2,1H3/b9-8-,16-10+. The van der Waals surface area contributed by atoms with Gasteiger partial charge in [-0.05, 0) is 30.0 Å². The van der Waals surface area contributed by atoms with Gasteiger partial charge in [-0.1, -0.05) is 78.9 Å². The predicted octanol–water partition coefficient (Wildman–Crippen LogP) is 4.89. The van der Waals surface area contributed by atoms with Crippen molar-refractivity contribution in [2.45, 2.75) is 13.3 Å². The van der Waals surface area contributed by atoms with E-state index in [0.717, 1.165) is 6.42 Å². The van der Waals surface area contributed by atoms with Crippen molar-refractivity contribution in [2.24, 2.45) is 0 Å². The van der Waals surface area contributed by atoms with Crippen LogP contribution < -0.4 is 0 Å². The molecule has 0 spiro atoms. The first-order valence-corrected chi connectivity index (χ1v) is 6.29. The summed E-state index contributed by atoms with van der Waals surface area (Å²) < 4.78 is 0. The van der Waals surface area contributed by atoms with Crippen LogP contribution in [0.3, 0.4) is 0 Å². The molecule has 0 fully saturated rings. The fourth-order valence-electron chi connectivity index (χ4n) is 1.83. The Labute approximate surface area is 109 Å². The summed E-state index contributed by atoms with van der Waals surface area (Å²) in [6, 6.07) is 21.0. The van der Waals surface area contributed by atoms with Crippen LogP contribution >= 0.6 is 0 Å². The van der Waals surface area contributed by atoms with Gasteiger partial charge in [0.1, 0.15) is 0 Å². The smallest absolute Gasteiger partial charge is 0.00943 e. The molecule has 2 aromatic rings. The summed E-state index contributed by atoms with van der Waals surface area (Å²) in [4.78, 5) is 0. The Morgan fingerprint density at radius 3 is 2.17 bits per heavy atom. The molecule has 0 amide bonds. The molecule has 0 N–H and O–H groups in total. The quantitative estimate of drug-likeness (QED) is 0.661. The summed E-state index contributed by atoms with van der Waals surface area (Å²) in [5.41, 5.74) is 3.92. The SMILES string of the molecule is C/C(=C\C=C/Cc1ccccc1)c1ccccc1. The molecule has 0 bridgehead atoms. The van der Waals surface area contributed by atoms with E-state index in [4.69, 9.17) is 0 Å². The molecule has 90 valence electrons. The van der Waals surface area contributed by atoms with Gasteiger partial charge < -0.3 is 0 Å². The second-order valence-corrected chi connectivity index (χ2v) is 4.33. The van der Waals surface area contributed by atoms with Gasteiger partial charge in [0.15, 0.2) is 0 Å². The summed E-state index contributed by atoms with van der Waals surface area (Å²) in [5, 5.41) is 0. The summed E-state index contributed by atoms with van der Waals surface area (Å²) in [6.45, 7) is 2.14. The average molecular weight is 234 g/mol. The first-order valence-electron chi connectivity index (χ1n) is 6.29. The highest BCUT2D eigenvalue weighted by Gasteiger charge is 1.91. The van der Waals surface area contributed by atoms with Crippen LogP contribution in [0.5, 0.6) is 0 Å². The van der Waals surface area contributed by atoms with Crippen molar-refractivity contribution in [3.63, 3.8) is 0 Å². The molecule has 0 saturated carbocycles. The van der Waals surface area contributed by atoms with E-state index in [-0.39, 0.29) is 0 Å². The van der Waals surface area contributed by atoms with Gasteiger partial charge in [0.2, 0.25) is 0 Å². The highest BCUT2D eigenvalue weighted by atomic mass is 14.0. The topological polar surface area (TPSA) is 0 Å².